The number of rotatable bonds is 2. The van der Waals surface area contributed by atoms with Gasteiger partial charge in [-0.3, -0.25) is 0 Å². The third-order valence-electron chi connectivity index (χ3n) is 2.51. The lowest BCUT2D eigenvalue weighted by Crippen LogP contribution is -2.10. The maximum atomic E-state index is 12.7. The number of alkyl halides is 3. The van der Waals surface area contributed by atoms with Crippen molar-refractivity contribution < 1.29 is 13.2 Å². The molecule has 1 heterocycles. The van der Waals surface area contributed by atoms with Crippen LogP contribution in [-0.4, -0.2) is 4.98 Å². The van der Waals surface area contributed by atoms with Gasteiger partial charge in [0, 0.05) is 0 Å². The molecule has 3 nitrogen and oxygen atoms in total. The third kappa shape index (κ3) is 3.46. The van der Waals surface area contributed by atoms with Gasteiger partial charge in [-0.25, -0.2) is 4.98 Å². The van der Waals surface area contributed by atoms with Gasteiger partial charge in [0.15, 0.2) is 0 Å². The fourth-order valence-electron chi connectivity index (χ4n) is 1.53. The fourth-order valence-corrected chi connectivity index (χ4v) is 2.07. The summed E-state index contributed by atoms with van der Waals surface area (Å²) < 4.78 is 38.5. The topological polar surface area (TPSA) is 48.7 Å². The van der Waals surface area contributed by atoms with Crippen LogP contribution in [0.1, 0.15) is 11.3 Å². The first-order valence-electron chi connectivity index (χ1n) is 5.52. The molecule has 0 amide bonds. The Morgan fingerprint density at radius 2 is 1.95 bits per heavy atom. The summed E-state index contributed by atoms with van der Waals surface area (Å²) in [6.07, 6.45) is -4.59. The number of hydrogen-bond donors (Lipinski definition) is 1. The number of hydrogen-bond acceptors (Lipinski definition) is 3. The van der Waals surface area contributed by atoms with Gasteiger partial charge in [0.05, 0.1) is 20.7 Å². The second kappa shape index (κ2) is 5.92. The first kappa shape index (κ1) is 15.6. The van der Waals surface area contributed by atoms with Crippen molar-refractivity contribution in [3.05, 3.63) is 51.1 Å². The summed E-state index contributed by atoms with van der Waals surface area (Å²) in [5.41, 5.74) is -0.678. The first-order valence-corrected chi connectivity index (χ1v) is 6.69. The predicted molar refractivity (Wildman–Crippen MR) is 76.4 cm³/mol. The molecular weight excluding hydrogens is 371 g/mol. The Balaban J connectivity index is 2.48. The van der Waals surface area contributed by atoms with Crippen LogP contribution in [0.25, 0.3) is 0 Å². The van der Waals surface area contributed by atoms with Crippen LogP contribution >= 0.6 is 27.5 Å². The Morgan fingerprint density at radius 1 is 1.24 bits per heavy atom. The summed E-state index contributed by atoms with van der Waals surface area (Å²) >= 11 is 9.12. The second-order valence-electron chi connectivity index (χ2n) is 3.93. The molecule has 0 unspecified atom stereocenters. The van der Waals surface area contributed by atoms with Gasteiger partial charge in [0.2, 0.25) is 0 Å². The molecular formula is C13H6BrClF3N3. The molecule has 2 rings (SSSR count). The van der Waals surface area contributed by atoms with Gasteiger partial charge in [0.1, 0.15) is 17.6 Å². The lowest BCUT2D eigenvalue weighted by molar-refractivity contribution is -0.141. The number of nitrogens with zero attached hydrogens (tertiary/aromatic N) is 2. The molecule has 1 N–H and O–H groups in total. The Hall–Kier alpha value is -1.78. The minimum atomic E-state index is -4.59. The molecule has 0 aliphatic rings. The molecule has 0 atom stereocenters. The molecule has 0 fully saturated rings. The molecule has 0 bridgehead atoms. The average Bonchev–Trinajstić information content (AvgIpc) is 2.43. The molecule has 108 valence electrons. The molecule has 2 aromatic rings. The monoisotopic (exact) mass is 375 g/mol. The van der Waals surface area contributed by atoms with Crippen LogP contribution in [0.3, 0.4) is 0 Å². The maximum absolute atomic E-state index is 12.7. The van der Waals surface area contributed by atoms with Gasteiger partial charge in [-0.05, 0) is 40.2 Å². The van der Waals surface area contributed by atoms with Crippen LogP contribution in [0, 0.1) is 11.3 Å². The van der Waals surface area contributed by atoms with Crippen LogP contribution < -0.4 is 5.32 Å². The number of pyridine rings is 1. The zero-order valence-electron chi connectivity index (χ0n) is 10.2. The SMILES string of the molecule is N#Cc1ccc(C(F)(F)F)nc1Nc1cccc(Cl)c1Br. The van der Waals surface area contributed by atoms with E-state index in [2.05, 4.69) is 26.2 Å². The smallest absolute Gasteiger partial charge is 0.338 e. The van der Waals surface area contributed by atoms with Crippen LogP contribution in [0.4, 0.5) is 24.7 Å². The summed E-state index contributed by atoms with van der Waals surface area (Å²) in [6.45, 7) is 0. The van der Waals surface area contributed by atoms with Gasteiger partial charge >= 0.3 is 6.18 Å². The standard InChI is InChI=1S/C13H6BrClF3N3/c14-11-8(15)2-1-3-9(11)20-12-7(6-19)4-5-10(21-12)13(16,17)18/h1-5H,(H,20,21). The minimum absolute atomic E-state index is 0.00474. The van der Waals surface area contributed by atoms with Crippen molar-refractivity contribution in [2.45, 2.75) is 6.18 Å². The van der Waals surface area contributed by atoms with E-state index in [-0.39, 0.29) is 11.4 Å². The summed E-state index contributed by atoms with van der Waals surface area (Å²) in [6, 6.07) is 8.44. The second-order valence-corrected chi connectivity index (χ2v) is 5.13. The highest BCUT2D eigenvalue weighted by Gasteiger charge is 2.33. The molecule has 0 aliphatic carbocycles. The van der Waals surface area contributed by atoms with Crippen molar-refractivity contribution in [2.24, 2.45) is 0 Å². The molecule has 0 saturated carbocycles. The van der Waals surface area contributed by atoms with Gasteiger partial charge < -0.3 is 5.32 Å². The van der Waals surface area contributed by atoms with E-state index >= 15 is 0 Å². The van der Waals surface area contributed by atoms with Crippen LogP contribution in [0.5, 0.6) is 0 Å². The van der Waals surface area contributed by atoms with Crippen molar-refractivity contribution in [2.75, 3.05) is 5.32 Å². The lowest BCUT2D eigenvalue weighted by atomic mass is 10.2. The van der Waals surface area contributed by atoms with Crippen molar-refractivity contribution in [1.82, 2.24) is 4.98 Å². The predicted octanol–water partition coefficient (Wildman–Crippen LogP) is 5.13. The highest BCUT2D eigenvalue weighted by atomic mass is 79.9. The third-order valence-corrected chi connectivity index (χ3v) is 3.91. The van der Waals surface area contributed by atoms with E-state index < -0.39 is 11.9 Å². The largest absolute Gasteiger partial charge is 0.433 e. The normalized spacial score (nSPS) is 11.0. The number of nitriles is 1. The zero-order valence-corrected chi connectivity index (χ0v) is 12.5. The Kier molecular flexibility index (Phi) is 4.40. The van der Waals surface area contributed by atoms with Gasteiger partial charge in [-0.15, -0.1) is 0 Å². The van der Waals surface area contributed by atoms with E-state index in [9.17, 15) is 13.2 Å². The lowest BCUT2D eigenvalue weighted by Gasteiger charge is -2.12. The fraction of sp³-hybridized carbons (Fsp3) is 0.0769. The number of benzene rings is 1. The van der Waals surface area contributed by atoms with Gasteiger partial charge in [-0.1, -0.05) is 17.7 Å². The van der Waals surface area contributed by atoms with Crippen molar-refractivity contribution in [3.8, 4) is 6.07 Å². The Bertz CT molecular complexity index is 726. The average molecular weight is 377 g/mol. The number of aromatic nitrogens is 1. The molecule has 0 aliphatic heterocycles. The molecule has 1 aromatic heterocycles. The molecule has 1 aromatic carbocycles. The molecule has 0 spiro atoms. The van der Waals surface area contributed by atoms with E-state index in [0.717, 1.165) is 12.1 Å². The molecule has 8 heteroatoms. The van der Waals surface area contributed by atoms with Crippen LogP contribution in [-0.2, 0) is 6.18 Å². The van der Waals surface area contributed by atoms with E-state index in [1.165, 1.54) is 0 Å². The van der Waals surface area contributed by atoms with E-state index in [1.54, 1.807) is 24.3 Å². The number of nitrogens with one attached hydrogen (secondary N) is 1. The Morgan fingerprint density at radius 3 is 2.57 bits per heavy atom. The van der Waals surface area contributed by atoms with Crippen molar-refractivity contribution in [3.63, 3.8) is 0 Å². The first-order chi connectivity index (χ1) is 9.82. The summed E-state index contributed by atoms with van der Waals surface area (Å²) in [5.74, 6) is -0.185. The quantitative estimate of drug-likeness (QED) is 0.790. The van der Waals surface area contributed by atoms with Crippen LogP contribution in [0.15, 0.2) is 34.8 Å². The number of halogens is 5. The van der Waals surface area contributed by atoms with Gasteiger partial charge in [-0.2, -0.15) is 18.4 Å². The van der Waals surface area contributed by atoms with E-state index in [4.69, 9.17) is 16.9 Å². The van der Waals surface area contributed by atoms with Gasteiger partial charge in [0.25, 0.3) is 0 Å². The van der Waals surface area contributed by atoms with Crippen molar-refractivity contribution in [1.29, 1.82) is 5.26 Å². The molecule has 0 saturated heterocycles. The van der Waals surface area contributed by atoms with E-state index in [0.29, 0.717) is 15.2 Å². The minimum Gasteiger partial charge on any atom is -0.338 e. The summed E-state index contributed by atoms with van der Waals surface area (Å²) in [4.78, 5) is 3.46. The molecule has 0 radical (unpaired) electrons. The highest BCUT2D eigenvalue weighted by Crippen LogP contribution is 2.34. The highest BCUT2D eigenvalue weighted by molar-refractivity contribution is 9.10. The maximum Gasteiger partial charge on any atom is 0.433 e. The molecule has 21 heavy (non-hydrogen) atoms. The summed E-state index contributed by atoms with van der Waals surface area (Å²) in [7, 11) is 0. The van der Waals surface area contributed by atoms with E-state index in [1.807, 2.05) is 0 Å². The number of anilines is 2. The van der Waals surface area contributed by atoms with Crippen molar-refractivity contribution >= 4 is 39.0 Å². The Labute approximate surface area is 131 Å². The zero-order chi connectivity index (χ0) is 15.6. The summed E-state index contributed by atoms with van der Waals surface area (Å²) in [5, 5.41) is 12.0. The van der Waals surface area contributed by atoms with Crippen LogP contribution in [0.2, 0.25) is 5.02 Å².